The molecule has 2 amide bonds. The molecule has 0 fully saturated rings. The Morgan fingerprint density at radius 2 is 2.20 bits per heavy atom. The van der Waals surface area contributed by atoms with Gasteiger partial charge in [0.15, 0.2) is 4.34 Å². The molecule has 1 N–H and O–H groups in total. The van der Waals surface area contributed by atoms with E-state index in [1.54, 1.807) is 18.5 Å². The molecule has 1 aliphatic rings. The van der Waals surface area contributed by atoms with Crippen LogP contribution in [-0.4, -0.2) is 28.6 Å². The number of carbonyl (C=O) groups is 2. The highest BCUT2D eigenvalue weighted by molar-refractivity contribution is 8.02. The van der Waals surface area contributed by atoms with Crippen LogP contribution in [0.3, 0.4) is 0 Å². The number of fused-ring (bicyclic) bond motifs is 1. The Labute approximate surface area is 149 Å². The topological polar surface area (TPSA) is 62.3 Å². The molecule has 0 radical (unpaired) electrons. The van der Waals surface area contributed by atoms with E-state index in [2.05, 4.69) is 10.3 Å². The van der Waals surface area contributed by atoms with Gasteiger partial charge in [-0.3, -0.25) is 14.5 Å². The van der Waals surface area contributed by atoms with Crippen LogP contribution in [0.5, 0.6) is 0 Å². The lowest BCUT2D eigenvalue weighted by Crippen LogP contribution is -2.45. The molecule has 0 saturated carbocycles. The summed E-state index contributed by atoms with van der Waals surface area (Å²) >= 11 is 2.62. The van der Waals surface area contributed by atoms with Gasteiger partial charge in [0, 0.05) is 11.6 Å². The number of halogens is 3. The molecular formula is C15H12F3N3O2S2. The summed E-state index contributed by atoms with van der Waals surface area (Å²) in [7, 11) is 0. The number of hydrogen-bond donors (Lipinski definition) is 1. The first-order chi connectivity index (χ1) is 11.8. The van der Waals surface area contributed by atoms with Crippen molar-refractivity contribution in [3.05, 3.63) is 35.3 Å². The summed E-state index contributed by atoms with van der Waals surface area (Å²) in [6.45, 7) is 1.44. The van der Waals surface area contributed by atoms with E-state index in [0.717, 1.165) is 12.1 Å². The number of amides is 2. The number of carbonyl (C=O) groups excluding carboxylic acids is 2. The van der Waals surface area contributed by atoms with Gasteiger partial charge < -0.3 is 5.32 Å². The number of nitrogens with one attached hydrogen (secondary N) is 1. The first-order valence-electron chi connectivity index (χ1n) is 7.14. The third-order valence-electron chi connectivity index (χ3n) is 3.49. The second-order valence-electron chi connectivity index (χ2n) is 5.26. The highest BCUT2D eigenvalue weighted by Crippen LogP contribution is 2.38. The van der Waals surface area contributed by atoms with Gasteiger partial charge in [0.05, 0.1) is 22.2 Å². The average molecular weight is 387 g/mol. The molecule has 5 nitrogen and oxygen atoms in total. The van der Waals surface area contributed by atoms with Crippen LogP contribution < -0.4 is 10.2 Å². The molecule has 2 heterocycles. The number of anilines is 2. The van der Waals surface area contributed by atoms with Gasteiger partial charge in [-0.25, -0.2) is 4.98 Å². The fraction of sp³-hybridized carbons (Fsp3) is 0.267. The molecule has 0 saturated heterocycles. The smallest absolute Gasteiger partial charge is 0.323 e. The number of rotatable bonds is 3. The first-order valence-corrected chi connectivity index (χ1v) is 8.90. The maximum atomic E-state index is 12.8. The van der Waals surface area contributed by atoms with E-state index in [1.165, 1.54) is 34.1 Å². The van der Waals surface area contributed by atoms with Crippen LogP contribution >= 0.6 is 23.1 Å². The van der Waals surface area contributed by atoms with E-state index in [1.807, 2.05) is 0 Å². The Balaban J connectivity index is 1.88. The van der Waals surface area contributed by atoms with Gasteiger partial charge in [0.25, 0.3) is 0 Å². The molecule has 1 unspecified atom stereocenters. The van der Waals surface area contributed by atoms with Gasteiger partial charge >= 0.3 is 6.18 Å². The quantitative estimate of drug-likeness (QED) is 0.817. The summed E-state index contributed by atoms with van der Waals surface area (Å²) in [5, 5.41) is 3.64. The molecular weight excluding hydrogens is 375 g/mol. The van der Waals surface area contributed by atoms with E-state index >= 15 is 0 Å². The molecule has 1 aromatic heterocycles. The van der Waals surface area contributed by atoms with E-state index in [4.69, 9.17) is 0 Å². The second kappa shape index (κ2) is 6.68. The predicted molar refractivity (Wildman–Crippen MR) is 89.9 cm³/mol. The highest BCUT2D eigenvalue weighted by atomic mass is 32.2. The molecule has 3 rings (SSSR count). The van der Waals surface area contributed by atoms with Crippen LogP contribution in [0.25, 0.3) is 0 Å². The highest BCUT2D eigenvalue weighted by Gasteiger charge is 2.35. The van der Waals surface area contributed by atoms with Crippen molar-refractivity contribution in [1.82, 2.24) is 4.98 Å². The van der Waals surface area contributed by atoms with Gasteiger partial charge in [0.1, 0.15) is 6.54 Å². The number of thioether (sulfide) groups is 1. The van der Waals surface area contributed by atoms with E-state index in [9.17, 15) is 22.8 Å². The molecule has 1 atom stereocenters. The molecule has 10 heteroatoms. The zero-order chi connectivity index (χ0) is 18.2. The van der Waals surface area contributed by atoms with Crippen LogP contribution in [-0.2, 0) is 15.8 Å². The molecule has 1 aromatic carbocycles. The van der Waals surface area contributed by atoms with E-state index in [-0.39, 0.29) is 23.8 Å². The maximum absolute atomic E-state index is 12.8. The zero-order valence-electron chi connectivity index (χ0n) is 12.8. The number of benzene rings is 1. The number of hydrogen-bond acceptors (Lipinski definition) is 5. The van der Waals surface area contributed by atoms with Crippen LogP contribution in [0.4, 0.5) is 24.5 Å². The Hall–Kier alpha value is -2.07. The van der Waals surface area contributed by atoms with Crippen molar-refractivity contribution in [1.29, 1.82) is 0 Å². The predicted octanol–water partition coefficient (Wildman–Crippen LogP) is 3.63. The second-order valence-corrected chi connectivity index (χ2v) is 7.74. The summed E-state index contributed by atoms with van der Waals surface area (Å²) < 4.78 is 39.2. The number of thiazole rings is 1. The van der Waals surface area contributed by atoms with Crippen molar-refractivity contribution in [2.24, 2.45) is 0 Å². The minimum absolute atomic E-state index is 0.0223. The zero-order valence-corrected chi connectivity index (χ0v) is 14.5. The van der Waals surface area contributed by atoms with Crippen molar-refractivity contribution in [3.8, 4) is 0 Å². The lowest BCUT2D eigenvalue weighted by molar-refractivity contribution is -0.137. The molecule has 25 heavy (non-hydrogen) atoms. The SMILES string of the molecule is CC(Sc1nccs1)C(=O)N1CC(=O)Nc2cc(C(F)(F)F)ccc21. The average Bonchev–Trinajstić information content (AvgIpc) is 3.04. The Kier molecular flexibility index (Phi) is 4.74. The van der Waals surface area contributed by atoms with Crippen molar-refractivity contribution in [2.75, 3.05) is 16.8 Å². The summed E-state index contributed by atoms with van der Waals surface area (Å²) in [4.78, 5) is 29.8. The molecule has 132 valence electrons. The summed E-state index contributed by atoms with van der Waals surface area (Å²) in [5.74, 6) is -0.900. The molecule has 0 spiro atoms. The molecule has 0 aliphatic carbocycles. The van der Waals surface area contributed by atoms with Crippen molar-refractivity contribution < 1.29 is 22.8 Å². The van der Waals surface area contributed by atoms with Gasteiger partial charge in [-0.1, -0.05) is 11.8 Å². The third kappa shape index (κ3) is 3.79. The van der Waals surface area contributed by atoms with Crippen molar-refractivity contribution in [2.45, 2.75) is 22.7 Å². The van der Waals surface area contributed by atoms with Gasteiger partial charge in [0.2, 0.25) is 11.8 Å². The van der Waals surface area contributed by atoms with Gasteiger partial charge in [-0.15, -0.1) is 11.3 Å². The Bertz CT molecular complexity index is 809. The summed E-state index contributed by atoms with van der Waals surface area (Å²) in [6.07, 6.45) is -2.91. The summed E-state index contributed by atoms with van der Waals surface area (Å²) in [5.41, 5.74) is -0.652. The first kappa shape index (κ1) is 17.7. The fourth-order valence-electron chi connectivity index (χ4n) is 2.35. The number of aromatic nitrogens is 1. The standard InChI is InChI=1S/C15H12F3N3O2S2/c1-8(25-14-19-4-5-24-14)13(23)21-7-12(22)20-10-6-9(15(16,17)18)2-3-11(10)21/h2-6,8H,7H2,1H3,(H,20,22). The minimum atomic E-state index is -4.53. The van der Waals surface area contributed by atoms with E-state index < -0.39 is 22.9 Å². The maximum Gasteiger partial charge on any atom is 0.416 e. The number of nitrogens with zero attached hydrogens (tertiary/aromatic N) is 2. The van der Waals surface area contributed by atoms with Crippen molar-refractivity contribution in [3.63, 3.8) is 0 Å². The third-order valence-corrected chi connectivity index (χ3v) is 5.50. The lowest BCUT2D eigenvalue weighted by atomic mass is 10.1. The largest absolute Gasteiger partial charge is 0.416 e. The normalized spacial score (nSPS) is 15.5. The Morgan fingerprint density at radius 1 is 1.44 bits per heavy atom. The lowest BCUT2D eigenvalue weighted by Gasteiger charge is -2.31. The van der Waals surface area contributed by atoms with Crippen LogP contribution in [0, 0.1) is 0 Å². The van der Waals surface area contributed by atoms with Crippen LogP contribution in [0.1, 0.15) is 12.5 Å². The van der Waals surface area contributed by atoms with Crippen molar-refractivity contribution >= 4 is 46.3 Å². The van der Waals surface area contributed by atoms with Crippen LogP contribution in [0.15, 0.2) is 34.1 Å². The fourth-order valence-corrected chi connectivity index (χ4v) is 4.19. The van der Waals surface area contributed by atoms with E-state index in [0.29, 0.717) is 4.34 Å². The molecule has 2 aromatic rings. The number of alkyl halides is 3. The van der Waals surface area contributed by atoms with Gasteiger partial charge in [-0.05, 0) is 25.1 Å². The monoisotopic (exact) mass is 387 g/mol. The van der Waals surface area contributed by atoms with Gasteiger partial charge in [-0.2, -0.15) is 13.2 Å². The summed E-state index contributed by atoms with van der Waals surface area (Å²) in [6, 6.07) is 2.94. The van der Waals surface area contributed by atoms with Crippen LogP contribution in [0.2, 0.25) is 0 Å². The molecule has 0 bridgehead atoms. The Morgan fingerprint density at radius 3 is 2.84 bits per heavy atom. The molecule has 1 aliphatic heterocycles. The minimum Gasteiger partial charge on any atom is -0.323 e.